The van der Waals surface area contributed by atoms with Crippen LogP contribution in [-0.4, -0.2) is 21.8 Å². The van der Waals surface area contributed by atoms with E-state index >= 15 is 0 Å². The molecule has 0 fully saturated rings. The van der Waals surface area contributed by atoms with E-state index in [1.807, 2.05) is 6.07 Å². The number of benzene rings is 1. The smallest absolute Gasteiger partial charge is 0.277 e. The van der Waals surface area contributed by atoms with Gasteiger partial charge in [0.15, 0.2) is 0 Å². The number of hydrogen-bond acceptors (Lipinski definition) is 6. The van der Waals surface area contributed by atoms with Crippen LogP contribution in [0.2, 0.25) is 0 Å². The molecule has 1 aromatic carbocycles. The van der Waals surface area contributed by atoms with Gasteiger partial charge in [0.2, 0.25) is 0 Å². The summed E-state index contributed by atoms with van der Waals surface area (Å²) < 4.78 is 0. The van der Waals surface area contributed by atoms with Gasteiger partial charge in [0.1, 0.15) is 6.04 Å². The molecule has 1 atom stereocenters. The van der Waals surface area contributed by atoms with Gasteiger partial charge in [0, 0.05) is 12.1 Å². The average molecular weight is 292 g/mol. The predicted octanol–water partition coefficient (Wildman–Crippen LogP) is 1.78. The molecule has 0 bridgehead atoms. The third kappa shape index (κ3) is 3.97. The summed E-state index contributed by atoms with van der Waals surface area (Å²) in [5.74, 6) is -0.949. The van der Waals surface area contributed by atoms with Crippen molar-refractivity contribution in [2.75, 3.05) is 0 Å². The summed E-state index contributed by atoms with van der Waals surface area (Å²) in [6.07, 6.45) is 0. The van der Waals surface area contributed by atoms with Gasteiger partial charge in [-0.25, -0.2) is 0 Å². The van der Waals surface area contributed by atoms with Crippen LogP contribution in [0.4, 0.5) is 11.4 Å². The van der Waals surface area contributed by atoms with Crippen LogP contribution in [0, 0.1) is 37.5 Å². The van der Waals surface area contributed by atoms with E-state index in [-0.39, 0.29) is 11.5 Å². The number of carbonyl (C=O) groups is 1. The molecule has 0 heterocycles. The van der Waals surface area contributed by atoms with E-state index < -0.39 is 33.2 Å². The van der Waals surface area contributed by atoms with E-state index in [0.29, 0.717) is 0 Å². The number of nitrogens with one attached hydrogen (secondary N) is 1. The van der Waals surface area contributed by atoms with E-state index in [1.54, 1.807) is 13.8 Å². The molecular formula is C12H12N4O5. The van der Waals surface area contributed by atoms with Gasteiger partial charge in [-0.1, -0.05) is 13.8 Å². The van der Waals surface area contributed by atoms with Crippen molar-refractivity contribution in [2.24, 2.45) is 5.92 Å². The number of carbonyl (C=O) groups excluding carboxylic acids is 1. The van der Waals surface area contributed by atoms with Gasteiger partial charge < -0.3 is 5.32 Å². The highest BCUT2D eigenvalue weighted by Gasteiger charge is 2.22. The number of non-ortho nitro benzene ring substituents is 2. The van der Waals surface area contributed by atoms with Gasteiger partial charge in [-0.15, -0.1) is 0 Å². The van der Waals surface area contributed by atoms with Gasteiger partial charge in [-0.05, 0) is 5.92 Å². The quantitative estimate of drug-likeness (QED) is 0.648. The Balaban J connectivity index is 3.17. The summed E-state index contributed by atoms with van der Waals surface area (Å²) in [6.45, 7) is 3.42. The largest absolute Gasteiger partial charge is 0.336 e. The maximum Gasteiger partial charge on any atom is 0.277 e. The van der Waals surface area contributed by atoms with Gasteiger partial charge in [-0.2, -0.15) is 5.26 Å². The minimum atomic E-state index is -0.825. The molecule has 0 saturated carbocycles. The summed E-state index contributed by atoms with van der Waals surface area (Å²) in [6, 6.07) is 3.70. The second-order valence-electron chi connectivity index (χ2n) is 4.58. The number of rotatable bonds is 5. The molecular weight excluding hydrogens is 280 g/mol. The van der Waals surface area contributed by atoms with Crippen molar-refractivity contribution in [2.45, 2.75) is 19.9 Å². The lowest BCUT2D eigenvalue weighted by atomic mass is 10.1. The van der Waals surface area contributed by atoms with Gasteiger partial charge in [-0.3, -0.25) is 25.0 Å². The third-order valence-electron chi connectivity index (χ3n) is 2.68. The Hall–Kier alpha value is -3.02. The van der Waals surface area contributed by atoms with E-state index in [2.05, 4.69) is 5.32 Å². The zero-order chi connectivity index (χ0) is 16.2. The number of nitriles is 1. The highest BCUT2D eigenvalue weighted by Crippen LogP contribution is 2.22. The molecule has 0 saturated heterocycles. The van der Waals surface area contributed by atoms with Crippen LogP contribution in [0.25, 0.3) is 0 Å². The molecule has 0 aliphatic heterocycles. The fourth-order valence-electron chi connectivity index (χ4n) is 1.51. The second-order valence-corrected chi connectivity index (χ2v) is 4.58. The van der Waals surface area contributed by atoms with E-state index in [9.17, 15) is 25.0 Å². The van der Waals surface area contributed by atoms with E-state index in [0.717, 1.165) is 18.2 Å². The number of nitro groups is 2. The summed E-state index contributed by atoms with van der Waals surface area (Å²) in [5.41, 5.74) is -1.36. The van der Waals surface area contributed by atoms with Crippen molar-refractivity contribution < 1.29 is 14.6 Å². The Morgan fingerprint density at radius 1 is 1.19 bits per heavy atom. The summed E-state index contributed by atoms with van der Waals surface area (Å²) >= 11 is 0. The van der Waals surface area contributed by atoms with Gasteiger partial charge in [0.25, 0.3) is 17.3 Å². The van der Waals surface area contributed by atoms with Crippen LogP contribution >= 0.6 is 0 Å². The first-order chi connectivity index (χ1) is 9.76. The zero-order valence-electron chi connectivity index (χ0n) is 11.3. The second kappa shape index (κ2) is 6.42. The molecule has 1 unspecified atom stereocenters. The molecule has 9 nitrogen and oxygen atoms in total. The fourth-order valence-corrected chi connectivity index (χ4v) is 1.51. The SMILES string of the molecule is CC(C)C(C#N)NC(=O)c1cc([N+](=O)[O-])cc([N+](=O)[O-])c1. The summed E-state index contributed by atoms with van der Waals surface area (Å²) in [4.78, 5) is 31.8. The van der Waals surface area contributed by atoms with Gasteiger partial charge in [0.05, 0.1) is 27.5 Å². The Labute approximate surface area is 119 Å². The van der Waals surface area contributed by atoms with Gasteiger partial charge >= 0.3 is 0 Å². The third-order valence-corrected chi connectivity index (χ3v) is 2.68. The Kier molecular flexibility index (Phi) is 4.91. The maximum absolute atomic E-state index is 12.0. The highest BCUT2D eigenvalue weighted by atomic mass is 16.6. The normalized spacial score (nSPS) is 11.5. The van der Waals surface area contributed by atoms with Crippen LogP contribution in [0.5, 0.6) is 0 Å². The van der Waals surface area contributed by atoms with Crippen LogP contribution in [0.3, 0.4) is 0 Å². The molecule has 1 amide bonds. The van der Waals surface area contributed by atoms with Crippen LogP contribution in [0.15, 0.2) is 18.2 Å². The minimum Gasteiger partial charge on any atom is -0.336 e. The lowest BCUT2D eigenvalue weighted by molar-refractivity contribution is -0.394. The molecule has 0 aromatic heterocycles. The molecule has 110 valence electrons. The molecule has 0 spiro atoms. The maximum atomic E-state index is 12.0. The Bertz CT molecular complexity index is 603. The van der Waals surface area contributed by atoms with E-state index in [4.69, 9.17) is 5.26 Å². The summed E-state index contributed by atoms with van der Waals surface area (Å²) in [7, 11) is 0. The fraction of sp³-hybridized carbons (Fsp3) is 0.333. The van der Waals surface area contributed by atoms with Crippen molar-refractivity contribution in [1.82, 2.24) is 5.32 Å². The molecule has 1 rings (SSSR count). The Morgan fingerprint density at radius 2 is 1.67 bits per heavy atom. The Morgan fingerprint density at radius 3 is 2.00 bits per heavy atom. The van der Waals surface area contributed by atoms with Crippen molar-refractivity contribution in [3.63, 3.8) is 0 Å². The standard InChI is InChI=1S/C12H12N4O5/c1-7(2)11(6-13)14-12(17)8-3-9(15(18)19)5-10(4-8)16(20)21/h3-5,7,11H,1-2H3,(H,14,17). The predicted molar refractivity (Wildman–Crippen MR) is 71.5 cm³/mol. The van der Waals surface area contributed by atoms with Crippen molar-refractivity contribution in [3.05, 3.63) is 44.0 Å². The van der Waals surface area contributed by atoms with Crippen LogP contribution in [0.1, 0.15) is 24.2 Å². The van der Waals surface area contributed by atoms with Crippen molar-refractivity contribution >= 4 is 17.3 Å². The number of nitro benzene ring substituents is 2. The average Bonchev–Trinajstić information content (AvgIpc) is 2.43. The topological polar surface area (TPSA) is 139 Å². The zero-order valence-corrected chi connectivity index (χ0v) is 11.3. The molecule has 1 N–H and O–H groups in total. The number of nitrogens with zero attached hydrogens (tertiary/aromatic N) is 3. The molecule has 9 heteroatoms. The first kappa shape index (κ1) is 16.0. The lowest BCUT2D eigenvalue weighted by Gasteiger charge is -2.14. The van der Waals surface area contributed by atoms with Crippen LogP contribution < -0.4 is 5.32 Å². The van der Waals surface area contributed by atoms with Crippen molar-refractivity contribution in [1.29, 1.82) is 5.26 Å². The molecule has 21 heavy (non-hydrogen) atoms. The van der Waals surface area contributed by atoms with Crippen LogP contribution in [-0.2, 0) is 0 Å². The molecule has 0 radical (unpaired) electrons. The van der Waals surface area contributed by atoms with E-state index in [1.165, 1.54) is 0 Å². The van der Waals surface area contributed by atoms with Crippen molar-refractivity contribution in [3.8, 4) is 6.07 Å². The minimum absolute atomic E-state index is 0.173. The number of amides is 1. The number of hydrogen-bond donors (Lipinski definition) is 1. The molecule has 0 aliphatic rings. The highest BCUT2D eigenvalue weighted by molar-refractivity contribution is 5.96. The summed E-state index contributed by atoms with van der Waals surface area (Å²) in [5, 5.41) is 32.7. The monoisotopic (exact) mass is 292 g/mol. The molecule has 1 aromatic rings. The first-order valence-corrected chi connectivity index (χ1v) is 5.90. The molecule has 0 aliphatic carbocycles. The first-order valence-electron chi connectivity index (χ1n) is 5.90. The lowest BCUT2D eigenvalue weighted by Crippen LogP contribution is -2.37.